The van der Waals surface area contributed by atoms with E-state index in [0.29, 0.717) is 11.3 Å². The Morgan fingerprint density at radius 3 is 2.63 bits per heavy atom. The Kier molecular flexibility index (Phi) is 3.96. The molecule has 1 atom stereocenters. The van der Waals surface area contributed by atoms with Crippen LogP contribution in [0.25, 0.3) is 10.9 Å². The van der Waals surface area contributed by atoms with Crippen LogP contribution in [0.2, 0.25) is 0 Å². The second kappa shape index (κ2) is 5.35. The van der Waals surface area contributed by atoms with Gasteiger partial charge in [0.25, 0.3) is 0 Å². The SMILES string of the molecule is CCCC(C)Cn1cc(S(N)(=O)=O)c2ccccc21. The summed E-state index contributed by atoms with van der Waals surface area (Å²) in [5.74, 6) is 0.508. The molecule has 104 valence electrons. The molecule has 19 heavy (non-hydrogen) atoms. The number of aromatic nitrogens is 1. The molecule has 2 aromatic rings. The molecule has 1 aromatic heterocycles. The molecule has 2 N–H and O–H groups in total. The molecular weight excluding hydrogens is 260 g/mol. The van der Waals surface area contributed by atoms with Crippen LogP contribution in [0.3, 0.4) is 0 Å². The summed E-state index contributed by atoms with van der Waals surface area (Å²) in [5, 5.41) is 5.99. The number of nitrogens with two attached hydrogens (primary N) is 1. The topological polar surface area (TPSA) is 65.1 Å². The molecule has 0 amide bonds. The number of hydrogen-bond donors (Lipinski definition) is 1. The molecule has 0 bridgehead atoms. The number of sulfonamides is 1. The number of para-hydroxylation sites is 1. The highest BCUT2D eigenvalue weighted by Gasteiger charge is 2.17. The standard InChI is InChI=1S/C14H20N2O2S/c1-3-6-11(2)9-16-10-14(19(15,17)18)12-7-4-5-8-13(12)16/h4-5,7-8,10-11H,3,6,9H2,1-2H3,(H2,15,17,18). The highest BCUT2D eigenvalue weighted by Crippen LogP contribution is 2.25. The lowest BCUT2D eigenvalue weighted by atomic mass is 10.1. The number of hydrogen-bond acceptors (Lipinski definition) is 2. The zero-order chi connectivity index (χ0) is 14.0. The lowest BCUT2D eigenvalue weighted by molar-refractivity contribution is 0.452. The van der Waals surface area contributed by atoms with Crippen LogP contribution in [0, 0.1) is 5.92 Å². The van der Waals surface area contributed by atoms with E-state index in [4.69, 9.17) is 5.14 Å². The summed E-state index contributed by atoms with van der Waals surface area (Å²) in [6.07, 6.45) is 3.91. The van der Waals surface area contributed by atoms with Crippen LogP contribution < -0.4 is 5.14 Å². The molecule has 0 saturated heterocycles. The van der Waals surface area contributed by atoms with E-state index in [1.165, 1.54) is 0 Å². The van der Waals surface area contributed by atoms with E-state index in [9.17, 15) is 8.42 Å². The Bertz CT molecular complexity index is 674. The molecule has 0 aliphatic heterocycles. The van der Waals surface area contributed by atoms with E-state index in [-0.39, 0.29) is 4.90 Å². The minimum Gasteiger partial charge on any atom is -0.346 e. The fourth-order valence-corrected chi connectivity index (χ4v) is 3.26. The average Bonchev–Trinajstić information content (AvgIpc) is 2.69. The van der Waals surface area contributed by atoms with Crippen molar-refractivity contribution in [2.75, 3.05) is 0 Å². The van der Waals surface area contributed by atoms with Crippen molar-refractivity contribution in [2.24, 2.45) is 11.1 Å². The number of primary sulfonamides is 1. The van der Waals surface area contributed by atoms with Gasteiger partial charge in [-0.15, -0.1) is 0 Å². The first-order valence-electron chi connectivity index (χ1n) is 6.54. The molecule has 0 fully saturated rings. The van der Waals surface area contributed by atoms with Crippen molar-refractivity contribution < 1.29 is 8.42 Å². The molecule has 5 heteroatoms. The second-order valence-corrected chi connectivity index (χ2v) is 6.63. The van der Waals surface area contributed by atoms with Crippen molar-refractivity contribution in [3.8, 4) is 0 Å². The Morgan fingerprint density at radius 1 is 1.32 bits per heavy atom. The molecule has 0 saturated carbocycles. The van der Waals surface area contributed by atoms with Gasteiger partial charge >= 0.3 is 0 Å². The lowest BCUT2D eigenvalue weighted by Crippen LogP contribution is -2.12. The molecule has 1 unspecified atom stereocenters. The molecule has 0 radical (unpaired) electrons. The number of fused-ring (bicyclic) bond motifs is 1. The predicted octanol–water partition coefficient (Wildman–Crippen LogP) is 2.72. The van der Waals surface area contributed by atoms with Crippen LogP contribution in [0.1, 0.15) is 26.7 Å². The summed E-state index contributed by atoms with van der Waals surface area (Å²) in [6.45, 7) is 5.14. The summed E-state index contributed by atoms with van der Waals surface area (Å²) < 4.78 is 25.3. The van der Waals surface area contributed by atoms with Crippen LogP contribution in [0.4, 0.5) is 0 Å². The molecule has 2 rings (SSSR count). The van der Waals surface area contributed by atoms with Gasteiger partial charge in [0.05, 0.1) is 0 Å². The molecule has 1 heterocycles. The van der Waals surface area contributed by atoms with Crippen molar-refractivity contribution in [1.82, 2.24) is 4.57 Å². The van der Waals surface area contributed by atoms with E-state index in [1.54, 1.807) is 12.3 Å². The summed E-state index contributed by atoms with van der Waals surface area (Å²) in [6, 6.07) is 7.48. The van der Waals surface area contributed by atoms with Gasteiger partial charge in [0.1, 0.15) is 4.90 Å². The molecule has 1 aromatic carbocycles. The van der Waals surface area contributed by atoms with Gasteiger partial charge in [-0.2, -0.15) is 0 Å². The Labute approximate surface area is 114 Å². The Hall–Kier alpha value is -1.33. The summed E-state index contributed by atoms with van der Waals surface area (Å²) in [7, 11) is -3.68. The largest absolute Gasteiger partial charge is 0.346 e. The smallest absolute Gasteiger partial charge is 0.240 e. The van der Waals surface area contributed by atoms with Crippen molar-refractivity contribution in [1.29, 1.82) is 0 Å². The molecule has 0 aliphatic carbocycles. The Balaban J connectivity index is 2.51. The van der Waals surface area contributed by atoms with Gasteiger partial charge in [-0.1, -0.05) is 38.5 Å². The van der Waals surface area contributed by atoms with E-state index < -0.39 is 10.0 Å². The predicted molar refractivity (Wildman–Crippen MR) is 77.4 cm³/mol. The zero-order valence-electron chi connectivity index (χ0n) is 11.3. The van der Waals surface area contributed by atoms with Gasteiger partial charge in [-0.3, -0.25) is 0 Å². The number of rotatable bonds is 5. The van der Waals surface area contributed by atoms with E-state index in [2.05, 4.69) is 13.8 Å². The third kappa shape index (κ3) is 2.98. The summed E-state index contributed by atoms with van der Waals surface area (Å²) in [5.41, 5.74) is 0.925. The average molecular weight is 280 g/mol. The highest BCUT2D eigenvalue weighted by atomic mass is 32.2. The van der Waals surface area contributed by atoms with E-state index in [0.717, 1.165) is 24.9 Å². The first-order valence-corrected chi connectivity index (χ1v) is 8.08. The second-order valence-electron chi connectivity index (χ2n) is 5.10. The van der Waals surface area contributed by atoms with Crippen LogP contribution in [0.5, 0.6) is 0 Å². The van der Waals surface area contributed by atoms with Crippen LogP contribution in [-0.2, 0) is 16.6 Å². The minimum absolute atomic E-state index is 0.215. The number of nitrogens with zero attached hydrogens (tertiary/aromatic N) is 1. The van der Waals surface area contributed by atoms with Gasteiger partial charge in [0.15, 0.2) is 0 Å². The fourth-order valence-electron chi connectivity index (χ4n) is 2.51. The quantitative estimate of drug-likeness (QED) is 0.915. The summed E-state index contributed by atoms with van der Waals surface area (Å²) in [4.78, 5) is 0.215. The van der Waals surface area contributed by atoms with Crippen LogP contribution in [0.15, 0.2) is 35.4 Å². The normalized spacial score (nSPS) is 13.8. The summed E-state index contributed by atoms with van der Waals surface area (Å²) >= 11 is 0. The fraction of sp³-hybridized carbons (Fsp3) is 0.429. The number of benzene rings is 1. The van der Waals surface area contributed by atoms with Gasteiger partial charge in [0.2, 0.25) is 10.0 Å². The van der Waals surface area contributed by atoms with Crippen LogP contribution in [-0.4, -0.2) is 13.0 Å². The third-order valence-corrected chi connectivity index (χ3v) is 4.29. The van der Waals surface area contributed by atoms with Crippen LogP contribution >= 0.6 is 0 Å². The monoisotopic (exact) mass is 280 g/mol. The van der Waals surface area contributed by atoms with Gasteiger partial charge < -0.3 is 4.57 Å². The third-order valence-electron chi connectivity index (χ3n) is 3.35. The van der Waals surface area contributed by atoms with E-state index in [1.807, 2.05) is 22.8 Å². The van der Waals surface area contributed by atoms with Gasteiger partial charge in [-0.25, -0.2) is 13.6 Å². The lowest BCUT2D eigenvalue weighted by Gasteiger charge is -2.12. The first-order chi connectivity index (χ1) is 8.93. The molecule has 0 spiro atoms. The van der Waals surface area contributed by atoms with Gasteiger partial charge in [-0.05, 0) is 18.4 Å². The van der Waals surface area contributed by atoms with Gasteiger partial charge in [0, 0.05) is 23.6 Å². The van der Waals surface area contributed by atoms with Crippen molar-refractivity contribution in [3.63, 3.8) is 0 Å². The highest BCUT2D eigenvalue weighted by molar-refractivity contribution is 7.89. The van der Waals surface area contributed by atoms with Crippen molar-refractivity contribution >= 4 is 20.9 Å². The molecule has 0 aliphatic rings. The minimum atomic E-state index is -3.68. The Morgan fingerprint density at radius 2 is 2.00 bits per heavy atom. The van der Waals surface area contributed by atoms with Crippen molar-refractivity contribution in [3.05, 3.63) is 30.5 Å². The maximum absolute atomic E-state index is 11.6. The first kappa shape index (κ1) is 14.1. The maximum Gasteiger partial charge on any atom is 0.240 e. The van der Waals surface area contributed by atoms with E-state index >= 15 is 0 Å². The maximum atomic E-state index is 11.6. The zero-order valence-corrected chi connectivity index (χ0v) is 12.2. The van der Waals surface area contributed by atoms with Crippen molar-refractivity contribution in [2.45, 2.75) is 38.1 Å². The molecule has 4 nitrogen and oxygen atoms in total. The molecular formula is C14H20N2O2S.